The molecular formula is C18H21ClF2N2O2S. The summed E-state index contributed by atoms with van der Waals surface area (Å²) in [6.45, 7) is -0.332. The first-order chi connectivity index (χ1) is 12.1. The van der Waals surface area contributed by atoms with Crippen LogP contribution in [-0.2, 0) is 0 Å². The van der Waals surface area contributed by atoms with Gasteiger partial charge in [0.1, 0.15) is 5.75 Å². The van der Waals surface area contributed by atoms with Crippen LogP contribution in [0.15, 0.2) is 36.4 Å². The molecule has 1 aromatic carbocycles. The molecule has 1 saturated heterocycles. The molecule has 0 radical (unpaired) electrons. The van der Waals surface area contributed by atoms with Crippen molar-refractivity contribution in [2.24, 2.45) is 5.92 Å². The number of halogens is 3. The lowest BCUT2D eigenvalue weighted by Crippen LogP contribution is -2.29. The highest BCUT2D eigenvalue weighted by atomic mass is 35.5. The fourth-order valence-corrected chi connectivity index (χ4v) is 4.02. The van der Waals surface area contributed by atoms with Gasteiger partial charge in [-0.05, 0) is 67.9 Å². The molecule has 3 rings (SSSR count). The molecule has 1 aliphatic rings. The summed E-state index contributed by atoms with van der Waals surface area (Å²) in [5, 5.41) is 3.16. The lowest BCUT2D eigenvalue weighted by molar-refractivity contribution is -0.0498. The number of rotatable bonds is 6. The van der Waals surface area contributed by atoms with Crippen molar-refractivity contribution in [3.8, 4) is 16.2 Å². The zero-order chi connectivity index (χ0) is 17.8. The molecule has 1 unspecified atom stereocenters. The Morgan fingerprint density at radius 2 is 2.04 bits per heavy atom. The number of nitrogens with one attached hydrogen (secondary N) is 1. The summed E-state index contributed by atoms with van der Waals surface area (Å²) in [5.41, 5.74) is 0.875. The van der Waals surface area contributed by atoms with Crippen LogP contribution >= 0.6 is 23.7 Å². The van der Waals surface area contributed by atoms with Crippen molar-refractivity contribution in [2.45, 2.75) is 13.0 Å². The molecule has 4 nitrogen and oxygen atoms in total. The van der Waals surface area contributed by atoms with Crippen molar-refractivity contribution in [1.29, 1.82) is 0 Å². The first-order valence-corrected chi connectivity index (χ1v) is 8.97. The van der Waals surface area contributed by atoms with Crippen molar-refractivity contribution in [2.75, 3.05) is 26.7 Å². The number of carbonyl (C=O) groups excluding carboxylic acids is 1. The molecule has 1 amide bonds. The van der Waals surface area contributed by atoms with Crippen LogP contribution in [0.25, 0.3) is 10.4 Å². The second-order valence-corrected chi connectivity index (χ2v) is 7.11. The largest absolute Gasteiger partial charge is 0.435 e. The first kappa shape index (κ1) is 20.6. The maximum Gasteiger partial charge on any atom is 0.387 e. The SMILES string of the molecule is CNCC1CCN(C(=O)c2ccc(-c3ccc(OC(F)F)cc3)s2)C1.Cl. The van der Waals surface area contributed by atoms with Crippen LogP contribution in [-0.4, -0.2) is 44.1 Å². The highest BCUT2D eigenvalue weighted by Gasteiger charge is 2.27. The van der Waals surface area contributed by atoms with E-state index in [9.17, 15) is 13.6 Å². The van der Waals surface area contributed by atoms with Gasteiger partial charge in [-0.15, -0.1) is 23.7 Å². The number of alkyl halides is 2. The van der Waals surface area contributed by atoms with E-state index >= 15 is 0 Å². The summed E-state index contributed by atoms with van der Waals surface area (Å²) in [6.07, 6.45) is 1.02. The Hall–Kier alpha value is -1.70. The van der Waals surface area contributed by atoms with E-state index in [4.69, 9.17) is 0 Å². The van der Waals surface area contributed by atoms with E-state index in [1.54, 1.807) is 12.1 Å². The van der Waals surface area contributed by atoms with Gasteiger partial charge in [-0.25, -0.2) is 0 Å². The van der Waals surface area contributed by atoms with Crippen LogP contribution in [0.3, 0.4) is 0 Å². The summed E-state index contributed by atoms with van der Waals surface area (Å²) >= 11 is 1.42. The van der Waals surface area contributed by atoms with E-state index in [2.05, 4.69) is 10.1 Å². The molecule has 2 heterocycles. The molecule has 1 aromatic heterocycles. The lowest BCUT2D eigenvalue weighted by atomic mass is 10.1. The number of carbonyl (C=O) groups is 1. The third-order valence-corrected chi connectivity index (χ3v) is 5.37. The predicted octanol–water partition coefficient (Wildman–Crippen LogP) is 4.12. The van der Waals surface area contributed by atoms with Gasteiger partial charge in [-0.1, -0.05) is 0 Å². The molecular weight excluding hydrogens is 382 g/mol. The maximum atomic E-state index is 12.6. The molecule has 0 aliphatic carbocycles. The van der Waals surface area contributed by atoms with Crippen LogP contribution in [0, 0.1) is 5.92 Å². The molecule has 8 heteroatoms. The molecule has 0 bridgehead atoms. The van der Waals surface area contributed by atoms with Gasteiger partial charge >= 0.3 is 6.61 Å². The Labute approximate surface area is 161 Å². The highest BCUT2D eigenvalue weighted by Crippen LogP contribution is 2.31. The minimum atomic E-state index is -2.83. The standard InChI is InChI=1S/C18H20F2N2O2S.ClH/c1-21-10-12-8-9-22(11-12)17(23)16-7-6-15(25-16)13-2-4-14(5-3-13)24-18(19)20;/h2-7,12,18,21H,8-11H2,1H3;1H. The first-order valence-electron chi connectivity index (χ1n) is 8.16. The average Bonchev–Trinajstić information content (AvgIpc) is 3.24. The number of benzene rings is 1. The maximum absolute atomic E-state index is 12.6. The summed E-state index contributed by atoms with van der Waals surface area (Å²) < 4.78 is 28.7. The molecule has 1 atom stereocenters. The fourth-order valence-electron chi connectivity index (χ4n) is 3.04. The van der Waals surface area contributed by atoms with Crippen molar-refractivity contribution in [3.63, 3.8) is 0 Å². The molecule has 2 aromatic rings. The number of nitrogens with zero attached hydrogens (tertiary/aromatic N) is 1. The minimum absolute atomic E-state index is 0. The quantitative estimate of drug-likeness (QED) is 0.790. The number of amides is 1. The Kier molecular flexibility index (Phi) is 7.37. The monoisotopic (exact) mass is 402 g/mol. The number of ether oxygens (including phenoxy) is 1. The lowest BCUT2D eigenvalue weighted by Gasteiger charge is -2.15. The average molecular weight is 403 g/mol. The number of hydrogen-bond acceptors (Lipinski definition) is 4. The summed E-state index contributed by atoms with van der Waals surface area (Å²) in [5.74, 6) is 0.697. The topological polar surface area (TPSA) is 41.6 Å². The highest BCUT2D eigenvalue weighted by molar-refractivity contribution is 7.17. The zero-order valence-corrected chi connectivity index (χ0v) is 15.9. The Morgan fingerprint density at radius 1 is 1.31 bits per heavy atom. The van der Waals surface area contributed by atoms with E-state index in [1.807, 2.05) is 24.1 Å². The van der Waals surface area contributed by atoms with Crippen molar-refractivity contribution in [3.05, 3.63) is 41.3 Å². The summed E-state index contributed by atoms with van der Waals surface area (Å²) in [7, 11) is 1.92. The van der Waals surface area contributed by atoms with Gasteiger partial charge < -0.3 is 15.0 Å². The van der Waals surface area contributed by atoms with Gasteiger partial charge in [0.05, 0.1) is 4.88 Å². The summed E-state index contributed by atoms with van der Waals surface area (Å²) in [4.78, 5) is 16.2. The third kappa shape index (κ3) is 4.93. The smallest absolute Gasteiger partial charge is 0.387 e. The van der Waals surface area contributed by atoms with Crippen molar-refractivity contribution >= 4 is 29.7 Å². The zero-order valence-electron chi connectivity index (χ0n) is 14.3. The van der Waals surface area contributed by atoms with Crippen LogP contribution in [0.4, 0.5) is 8.78 Å². The minimum Gasteiger partial charge on any atom is -0.435 e. The number of hydrogen-bond donors (Lipinski definition) is 1. The van der Waals surface area contributed by atoms with Crippen LogP contribution in [0.1, 0.15) is 16.1 Å². The molecule has 26 heavy (non-hydrogen) atoms. The number of thiophene rings is 1. The van der Waals surface area contributed by atoms with Gasteiger partial charge in [0.25, 0.3) is 5.91 Å². The van der Waals surface area contributed by atoms with Crippen LogP contribution in [0.2, 0.25) is 0 Å². The van der Waals surface area contributed by atoms with Gasteiger partial charge in [-0.2, -0.15) is 8.78 Å². The van der Waals surface area contributed by atoms with E-state index in [-0.39, 0.29) is 24.1 Å². The fraction of sp³-hybridized carbons (Fsp3) is 0.389. The molecule has 1 aliphatic heterocycles. The van der Waals surface area contributed by atoms with Crippen molar-refractivity contribution < 1.29 is 18.3 Å². The molecule has 142 valence electrons. The van der Waals surface area contributed by atoms with Crippen LogP contribution < -0.4 is 10.1 Å². The Bertz CT molecular complexity index is 724. The second kappa shape index (κ2) is 9.30. The van der Waals surface area contributed by atoms with Crippen LogP contribution in [0.5, 0.6) is 5.75 Å². The van der Waals surface area contributed by atoms with Gasteiger partial charge in [-0.3, -0.25) is 4.79 Å². The normalized spacial score (nSPS) is 16.6. The van der Waals surface area contributed by atoms with E-state index < -0.39 is 6.61 Å². The second-order valence-electron chi connectivity index (χ2n) is 6.03. The number of likely N-dealkylation sites (tertiary alicyclic amines) is 1. The molecule has 0 spiro atoms. The molecule has 0 saturated carbocycles. The third-order valence-electron chi connectivity index (χ3n) is 4.25. The molecule has 1 N–H and O–H groups in total. The summed E-state index contributed by atoms with van der Waals surface area (Å²) in [6, 6.07) is 10.2. The Balaban J connectivity index is 0.00000243. The van der Waals surface area contributed by atoms with Gasteiger partial charge in [0, 0.05) is 18.0 Å². The van der Waals surface area contributed by atoms with Crippen molar-refractivity contribution in [1.82, 2.24) is 10.2 Å². The van der Waals surface area contributed by atoms with E-state index in [0.717, 1.165) is 36.5 Å². The van der Waals surface area contributed by atoms with Gasteiger partial charge in [0.15, 0.2) is 0 Å². The van der Waals surface area contributed by atoms with E-state index in [1.165, 1.54) is 23.5 Å². The Morgan fingerprint density at radius 3 is 2.69 bits per heavy atom. The van der Waals surface area contributed by atoms with Gasteiger partial charge in [0.2, 0.25) is 0 Å². The predicted molar refractivity (Wildman–Crippen MR) is 102 cm³/mol. The van der Waals surface area contributed by atoms with E-state index in [0.29, 0.717) is 10.8 Å². The molecule has 1 fully saturated rings.